The molecule has 1 aromatic heterocycles. The lowest BCUT2D eigenvalue weighted by Gasteiger charge is -2.06. The normalized spacial score (nSPS) is 10.5. The van der Waals surface area contributed by atoms with E-state index in [1.165, 1.54) is 0 Å². The van der Waals surface area contributed by atoms with Crippen LogP contribution in [0.1, 0.15) is 21.9 Å². The Hall–Kier alpha value is -2.43. The second kappa shape index (κ2) is 7.64. The van der Waals surface area contributed by atoms with Crippen molar-refractivity contribution in [1.29, 1.82) is 0 Å². The van der Waals surface area contributed by atoms with Gasteiger partial charge in [-0.2, -0.15) is 0 Å². The van der Waals surface area contributed by atoms with Gasteiger partial charge in [-0.3, -0.25) is 4.79 Å². The topological polar surface area (TPSA) is 51.5 Å². The van der Waals surface area contributed by atoms with Gasteiger partial charge in [-0.1, -0.05) is 35.3 Å². The van der Waals surface area contributed by atoms with Crippen LogP contribution in [0.3, 0.4) is 0 Å². The van der Waals surface area contributed by atoms with Gasteiger partial charge in [0.1, 0.15) is 18.1 Å². The number of hydrogen-bond donors (Lipinski definition) is 1. The molecule has 0 radical (unpaired) electrons. The molecule has 0 saturated heterocycles. The number of halogens is 2. The van der Waals surface area contributed by atoms with Crippen LogP contribution in [-0.4, -0.2) is 5.91 Å². The molecular weight excluding hydrogens is 361 g/mol. The van der Waals surface area contributed by atoms with E-state index in [2.05, 4.69) is 5.32 Å². The Morgan fingerprint density at radius 1 is 1.12 bits per heavy atom. The fraction of sp³-hybridized carbons (Fsp3) is 0.105. The largest absolute Gasteiger partial charge is 0.486 e. The molecule has 0 aliphatic rings. The van der Waals surface area contributed by atoms with Crippen LogP contribution in [-0.2, 0) is 6.61 Å². The van der Waals surface area contributed by atoms with Crippen LogP contribution in [0.25, 0.3) is 0 Å². The van der Waals surface area contributed by atoms with Crippen molar-refractivity contribution in [2.24, 2.45) is 0 Å². The third-order valence-electron chi connectivity index (χ3n) is 3.43. The molecule has 6 heteroatoms. The Kier molecular flexibility index (Phi) is 5.31. The summed E-state index contributed by atoms with van der Waals surface area (Å²) >= 11 is 12.0. The highest BCUT2D eigenvalue weighted by atomic mass is 35.5. The van der Waals surface area contributed by atoms with Crippen molar-refractivity contribution in [3.8, 4) is 5.75 Å². The van der Waals surface area contributed by atoms with Gasteiger partial charge in [0.2, 0.25) is 0 Å². The molecule has 1 N–H and O–H groups in total. The highest BCUT2D eigenvalue weighted by Gasteiger charge is 2.13. The third kappa shape index (κ3) is 4.56. The van der Waals surface area contributed by atoms with Crippen molar-refractivity contribution >= 4 is 34.8 Å². The predicted molar refractivity (Wildman–Crippen MR) is 98.6 cm³/mol. The third-order valence-corrected chi connectivity index (χ3v) is 4.00. The molecule has 1 amide bonds. The van der Waals surface area contributed by atoms with Crippen molar-refractivity contribution < 1.29 is 13.9 Å². The number of amides is 1. The Morgan fingerprint density at radius 2 is 1.96 bits per heavy atom. The van der Waals surface area contributed by atoms with Crippen molar-refractivity contribution in [2.75, 3.05) is 5.32 Å². The second-order valence-corrected chi connectivity index (χ2v) is 6.29. The Labute approximate surface area is 155 Å². The van der Waals surface area contributed by atoms with Crippen LogP contribution in [0.15, 0.2) is 59.0 Å². The number of anilines is 1. The molecule has 0 bridgehead atoms. The summed E-state index contributed by atoms with van der Waals surface area (Å²) in [6.07, 6.45) is 0. The molecule has 0 spiro atoms. The summed E-state index contributed by atoms with van der Waals surface area (Å²) in [5.74, 6) is 1.04. The van der Waals surface area contributed by atoms with Gasteiger partial charge < -0.3 is 14.5 Å². The molecule has 0 atom stereocenters. The molecule has 25 heavy (non-hydrogen) atoms. The van der Waals surface area contributed by atoms with Crippen molar-refractivity contribution in [2.45, 2.75) is 13.5 Å². The van der Waals surface area contributed by atoms with Gasteiger partial charge >= 0.3 is 0 Å². The standard InChI is InChI=1S/C19H15Cl2NO3/c1-12-3-2-4-14(9-12)24-11-15-6-8-18(25-15)19(23)22-17-10-13(20)5-7-16(17)21/h2-10H,11H2,1H3,(H,22,23). The highest BCUT2D eigenvalue weighted by molar-refractivity contribution is 6.35. The zero-order chi connectivity index (χ0) is 17.8. The summed E-state index contributed by atoms with van der Waals surface area (Å²) in [7, 11) is 0. The van der Waals surface area contributed by atoms with Crippen LogP contribution >= 0.6 is 23.2 Å². The first-order valence-corrected chi connectivity index (χ1v) is 8.31. The molecule has 0 unspecified atom stereocenters. The van der Waals surface area contributed by atoms with Gasteiger partial charge in [-0.25, -0.2) is 0 Å². The number of hydrogen-bond acceptors (Lipinski definition) is 3. The van der Waals surface area contributed by atoms with Gasteiger partial charge in [-0.05, 0) is 55.0 Å². The smallest absolute Gasteiger partial charge is 0.291 e. The van der Waals surface area contributed by atoms with Crippen molar-refractivity contribution in [3.63, 3.8) is 0 Å². The van der Waals surface area contributed by atoms with Gasteiger partial charge in [0, 0.05) is 5.02 Å². The molecule has 3 aromatic rings. The maximum atomic E-state index is 12.3. The zero-order valence-corrected chi connectivity index (χ0v) is 14.9. The van der Waals surface area contributed by atoms with Crippen molar-refractivity contribution in [3.05, 3.63) is 81.7 Å². The summed E-state index contributed by atoms with van der Waals surface area (Å²) in [6.45, 7) is 2.22. The Morgan fingerprint density at radius 3 is 2.76 bits per heavy atom. The predicted octanol–water partition coefficient (Wildman–Crippen LogP) is 5.73. The number of carbonyl (C=O) groups is 1. The molecule has 0 saturated carbocycles. The van der Waals surface area contributed by atoms with Gasteiger partial charge in [0.25, 0.3) is 5.91 Å². The lowest BCUT2D eigenvalue weighted by Crippen LogP contribution is -2.11. The van der Waals surface area contributed by atoms with Crippen molar-refractivity contribution in [1.82, 2.24) is 0 Å². The number of carbonyl (C=O) groups excluding carboxylic acids is 1. The monoisotopic (exact) mass is 375 g/mol. The van der Waals surface area contributed by atoms with Gasteiger partial charge in [-0.15, -0.1) is 0 Å². The van der Waals surface area contributed by atoms with E-state index in [4.69, 9.17) is 32.4 Å². The molecule has 0 aliphatic heterocycles. The summed E-state index contributed by atoms with van der Waals surface area (Å²) < 4.78 is 11.2. The lowest BCUT2D eigenvalue weighted by molar-refractivity contribution is 0.0992. The zero-order valence-electron chi connectivity index (χ0n) is 13.4. The summed E-state index contributed by atoms with van der Waals surface area (Å²) in [5, 5.41) is 3.55. The number of ether oxygens (including phenoxy) is 1. The SMILES string of the molecule is Cc1cccc(OCc2ccc(C(=O)Nc3cc(Cl)ccc3Cl)o2)c1. The number of benzene rings is 2. The van der Waals surface area contributed by atoms with Crippen LogP contribution in [0, 0.1) is 6.92 Å². The molecule has 0 aliphatic carbocycles. The molecular formula is C19H15Cl2NO3. The second-order valence-electron chi connectivity index (χ2n) is 5.45. The van der Waals surface area contributed by atoms with Crippen LogP contribution in [0.5, 0.6) is 5.75 Å². The van der Waals surface area contributed by atoms with E-state index in [1.54, 1.807) is 30.3 Å². The fourth-order valence-corrected chi connectivity index (χ4v) is 2.55. The first-order chi connectivity index (χ1) is 12.0. The minimum absolute atomic E-state index is 0.166. The molecule has 2 aromatic carbocycles. The van der Waals surface area contributed by atoms with E-state index in [0.717, 1.165) is 11.3 Å². The molecule has 3 rings (SSSR count). The van der Waals surface area contributed by atoms with Gasteiger partial charge in [0.15, 0.2) is 5.76 Å². The molecule has 0 fully saturated rings. The average molecular weight is 376 g/mol. The van der Waals surface area contributed by atoms with E-state index >= 15 is 0 Å². The minimum Gasteiger partial charge on any atom is -0.486 e. The van der Waals surface area contributed by atoms with Gasteiger partial charge in [0.05, 0.1) is 10.7 Å². The molecule has 4 nitrogen and oxygen atoms in total. The molecule has 128 valence electrons. The van der Waals surface area contributed by atoms with Crippen LogP contribution < -0.4 is 10.1 Å². The Bertz CT molecular complexity index is 905. The average Bonchev–Trinajstić information content (AvgIpc) is 3.05. The van der Waals surface area contributed by atoms with E-state index < -0.39 is 5.91 Å². The Balaban J connectivity index is 1.64. The summed E-state index contributed by atoms with van der Waals surface area (Å²) in [6, 6.07) is 15.8. The van der Waals surface area contributed by atoms with E-state index in [9.17, 15) is 4.79 Å². The number of nitrogens with one attached hydrogen (secondary N) is 1. The minimum atomic E-state index is -0.411. The maximum Gasteiger partial charge on any atom is 0.291 e. The first-order valence-electron chi connectivity index (χ1n) is 7.56. The molecule has 1 heterocycles. The fourth-order valence-electron chi connectivity index (χ4n) is 2.21. The van der Waals surface area contributed by atoms with Crippen LogP contribution in [0.4, 0.5) is 5.69 Å². The number of rotatable bonds is 5. The number of aryl methyl sites for hydroxylation is 1. The van der Waals surface area contributed by atoms with E-state index in [-0.39, 0.29) is 12.4 Å². The first kappa shape index (κ1) is 17.4. The maximum absolute atomic E-state index is 12.3. The lowest BCUT2D eigenvalue weighted by atomic mass is 10.2. The summed E-state index contributed by atoms with van der Waals surface area (Å²) in [5.41, 5.74) is 1.53. The quantitative estimate of drug-likeness (QED) is 0.619. The van der Waals surface area contributed by atoms with Crippen LogP contribution in [0.2, 0.25) is 10.0 Å². The van der Waals surface area contributed by atoms with E-state index in [1.807, 2.05) is 31.2 Å². The van der Waals surface area contributed by atoms with E-state index in [0.29, 0.717) is 21.5 Å². The number of furan rings is 1. The highest BCUT2D eigenvalue weighted by Crippen LogP contribution is 2.26. The summed E-state index contributed by atoms with van der Waals surface area (Å²) in [4.78, 5) is 12.3.